The molecule has 0 unspecified atom stereocenters. The van der Waals surface area contributed by atoms with Gasteiger partial charge in [-0.05, 0) is 43.1 Å². The molecule has 1 aliphatic heterocycles. The molecule has 0 spiro atoms. The molecule has 1 aliphatic rings. The fraction of sp³-hybridized carbons (Fsp3) is 0.500. The van der Waals surface area contributed by atoms with E-state index in [-0.39, 0.29) is 0 Å². The van der Waals surface area contributed by atoms with Gasteiger partial charge in [0.05, 0.1) is 4.90 Å². The Morgan fingerprint density at radius 2 is 1.75 bits per heavy atom. The number of sulfone groups is 1. The molecule has 0 atom stereocenters. The Labute approximate surface area is 97.0 Å². The van der Waals surface area contributed by atoms with Crippen molar-refractivity contribution in [1.82, 2.24) is 4.90 Å². The topological polar surface area (TPSA) is 37.4 Å². The van der Waals surface area contributed by atoms with Crippen molar-refractivity contribution >= 4 is 9.84 Å². The number of benzene rings is 1. The van der Waals surface area contributed by atoms with Crippen molar-refractivity contribution in [3.63, 3.8) is 0 Å². The molecule has 1 aromatic carbocycles. The molecular formula is C12H17NO2S. The largest absolute Gasteiger partial charge is 0.306 e. The van der Waals surface area contributed by atoms with Gasteiger partial charge in [-0.15, -0.1) is 0 Å². The zero-order valence-electron chi connectivity index (χ0n) is 9.73. The molecule has 88 valence electrons. The Hall–Kier alpha value is -0.870. The van der Waals surface area contributed by atoms with Crippen molar-refractivity contribution in [2.24, 2.45) is 0 Å². The number of rotatable bonds is 1. The molecular weight excluding hydrogens is 222 g/mol. The first-order valence-electron chi connectivity index (χ1n) is 5.47. The molecule has 0 N–H and O–H groups in total. The Kier molecular flexibility index (Phi) is 3.04. The molecule has 0 saturated carbocycles. The lowest BCUT2D eigenvalue weighted by Crippen LogP contribution is -2.20. The lowest BCUT2D eigenvalue weighted by Gasteiger charge is -2.10. The molecule has 0 radical (unpaired) electrons. The van der Waals surface area contributed by atoms with Gasteiger partial charge in [0.2, 0.25) is 0 Å². The van der Waals surface area contributed by atoms with Crippen LogP contribution >= 0.6 is 0 Å². The minimum Gasteiger partial charge on any atom is -0.306 e. The molecule has 2 rings (SSSR count). The molecule has 3 nitrogen and oxygen atoms in total. The highest BCUT2D eigenvalue weighted by atomic mass is 32.2. The zero-order valence-corrected chi connectivity index (χ0v) is 10.5. The Morgan fingerprint density at radius 3 is 2.38 bits per heavy atom. The second-order valence-electron chi connectivity index (χ2n) is 4.51. The summed E-state index contributed by atoms with van der Waals surface area (Å²) in [5, 5.41) is 0. The number of fused-ring (bicyclic) bond motifs is 1. The van der Waals surface area contributed by atoms with Crippen LogP contribution in [0.15, 0.2) is 23.1 Å². The van der Waals surface area contributed by atoms with Gasteiger partial charge in [-0.2, -0.15) is 0 Å². The van der Waals surface area contributed by atoms with Crippen LogP contribution < -0.4 is 0 Å². The van der Waals surface area contributed by atoms with Crippen LogP contribution in [-0.2, 0) is 22.7 Å². The third kappa shape index (κ3) is 2.44. The number of nitrogens with zero attached hydrogens (tertiary/aromatic N) is 1. The van der Waals surface area contributed by atoms with Crippen LogP contribution in [0.1, 0.15) is 11.1 Å². The lowest BCUT2D eigenvalue weighted by molar-refractivity contribution is 0.352. The molecule has 0 aliphatic carbocycles. The van der Waals surface area contributed by atoms with Gasteiger partial charge in [-0.25, -0.2) is 8.42 Å². The van der Waals surface area contributed by atoms with E-state index < -0.39 is 9.84 Å². The monoisotopic (exact) mass is 239 g/mol. The van der Waals surface area contributed by atoms with E-state index in [2.05, 4.69) is 11.9 Å². The minimum atomic E-state index is -3.08. The summed E-state index contributed by atoms with van der Waals surface area (Å²) in [7, 11) is -0.975. The van der Waals surface area contributed by atoms with Crippen molar-refractivity contribution in [3.8, 4) is 0 Å². The normalized spacial score (nSPS) is 17.9. The summed E-state index contributed by atoms with van der Waals surface area (Å²) < 4.78 is 22.9. The van der Waals surface area contributed by atoms with Gasteiger partial charge in [0, 0.05) is 19.3 Å². The highest BCUT2D eigenvalue weighted by Crippen LogP contribution is 2.19. The van der Waals surface area contributed by atoms with Crippen LogP contribution in [0.2, 0.25) is 0 Å². The molecule has 0 bridgehead atoms. The summed E-state index contributed by atoms with van der Waals surface area (Å²) in [4.78, 5) is 2.72. The molecule has 0 fully saturated rings. The maximum atomic E-state index is 11.5. The van der Waals surface area contributed by atoms with Crippen molar-refractivity contribution in [2.45, 2.75) is 17.7 Å². The predicted molar refractivity (Wildman–Crippen MR) is 64.5 cm³/mol. The molecule has 0 amide bonds. The van der Waals surface area contributed by atoms with Crippen LogP contribution in [-0.4, -0.2) is 39.7 Å². The molecule has 1 heterocycles. The molecule has 0 aromatic heterocycles. The van der Waals surface area contributed by atoms with Gasteiger partial charge in [0.15, 0.2) is 9.84 Å². The maximum absolute atomic E-state index is 11.5. The van der Waals surface area contributed by atoms with Gasteiger partial charge in [0.1, 0.15) is 0 Å². The minimum absolute atomic E-state index is 0.441. The van der Waals surface area contributed by atoms with E-state index in [0.717, 1.165) is 25.9 Å². The first-order valence-corrected chi connectivity index (χ1v) is 7.36. The van der Waals surface area contributed by atoms with E-state index in [0.29, 0.717) is 4.90 Å². The van der Waals surface area contributed by atoms with Crippen LogP contribution in [0.3, 0.4) is 0 Å². The summed E-state index contributed by atoms with van der Waals surface area (Å²) in [5.41, 5.74) is 2.48. The predicted octanol–water partition coefficient (Wildman–Crippen LogP) is 1.12. The molecule has 16 heavy (non-hydrogen) atoms. The quantitative estimate of drug-likeness (QED) is 0.737. The summed E-state index contributed by atoms with van der Waals surface area (Å²) in [6.07, 6.45) is 3.21. The van der Waals surface area contributed by atoms with Crippen LogP contribution in [0.4, 0.5) is 0 Å². The first kappa shape index (κ1) is 11.6. The van der Waals surface area contributed by atoms with Crippen molar-refractivity contribution in [1.29, 1.82) is 0 Å². The number of hydrogen-bond donors (Lipinski definition) is 0. The van der Waals surface area contributed by atoms with Crippen LogP contribution in [0.25, 0.3) is 0 Å². The van der Waals surface area contributed by atoms with E-state index >= 15 is 0 Å². The van der Waals surface area contributed by atoms with Gasteiger partial charge < -0.3 is 4.90 Å². The van der Waals surface area contributed by atoms with Crippen molar-refractivity contribution in [3.05, 3.63) is 29.3 Å². The third-order valence-corrected chi connectivity index (χ3v) is 4.24. The summed E-state index contributed by atoms with van der Waals surface area (Å²) in [6, 6.07) is 5.52. The Morgan fingerprint density at radius 1 is 1.12 bits per heavy atom. The van der Waals surface area contributed by atoms with Gasteiger partial charge >= 0.3 is 0 Å². The third-order valence-electron chi connectivity index (χ3n) is 3.13. The smallest absolute Gasteiger partial charge is 0.175 e. The molecule has 4 heteroatoms. The molecule has 0 saturated heterocycles. The van der Waals surface area contributed by atoms with Crippen LogP contribution in [0, 0.1) is 0 Å². The molecule has 1 aromatic rings. The standard InChI is InChI=1S/C12H17NO2S/c1-13-7-5-10-3-4-12(16(2,14)15)9-11(10)6-8-13/h3-4,9H,5-8H2,1-2H3. The Balaban J connectivity index is 2.40. The SMILES string of the molecule is CN1CCc2ccc(S(C)(=O)=O)cc2CC1. The zero-order chi connectivity index (χ0) is 11.8. The maximum Gasteiger partial charge on any atom is 0.175 e. The average molecular weight is 239 g/mol. The van der Waals surface area contributed by atoms with Gasteiger partial charge in [-0.1, -0.05) is 6.07 Å². The number of likely N-dealkylation sites (N-methyl/N-ethyl adjacent to an activating group) is 1. The summed E-state index contributed by atoms with van der Waals surface area (Å²) >= 11 is 0. The van der Waals surface area contributed by atoms with E-state index in [1.165, 1.54) is 17.4 Å². The average Bonchev–Trinajstić information content (AvgIpc) is 2.39. The van der Waals surface area contributed by atoms with Crippen molar-refractivity contribution < 1.29 is 8.42 Å². The second kappa shape index (κ2) is 4.18. The van der Waals surface area contributed by atoms with E-state index in [1.807, 2.05) is 12.1 Å². The van der Waals surface area contributed by atoms with Crippen LogP contribution in [0.5, 0.6) is 0 Å². The van der Waals surface area contributed by atoms with E-state index in [4.69, 9.17) is 0 Å². The van der Waals surface area contributed by atoms with Crippen molar-refractivity contribution in [2.75, 3.05) is 26.4 Å². The fourth-order valence-electron chi connectivity index (χ4n) is 2.04. The summed E-state index contributed by atoms with van der Waals surface area (Å²) in [5.74, 6) is 0. The number of hydrogen-bond acceptors (Lipinski definition) is 3. The lowest BCUT2D eigenvalue weighted by atomic mass is 10.0. The van der Waals surface area contributed by atoms with E-state index in [9.17, 15) is 8.42 Å². The van der Waals surface area contributed by atoms with E-state index in [1.54, 1.807) is 6.07 Å². The first-order chi connectivity index (χ1) is 7.47. The Bertz CT molecular complexity index is 494. The highest BCUT2D eigenvalue weighted by Gasteiger charge is 2.14. The van der Waals surface area contributed by atoms with Gasteiger partial charge in [0.25, 0.3) is 0 Å². The highest BCUT2D eigenvalue weighted by molar-refractivity contribution is 7.90. The van der Waals surface area contributed by atoms with Gasteiger partial charge in [-0.3, -0.25) is 0 Å². The summed E-state index contributed by atoms with van der Waals surface area (Å²) in [6.45, 7) is 2.05. The second-order valence-corrected chi connectivity index (χ2v) is 6.52. The fourth-order valence-corrected chi connectivity index (χ4v) is 2.72.